The van der Waals surface area contributed by atoms with E-state index in [1.807, 2.05) is 12.1 Å². The van der Waals surface area contributed by atoms with E-state index < -0.39 is 0 Å². The molecule has 5 rings (SSSR count). The van der Waals surface area contributed by atoms with Crippen LogP contribution in [0, 0.1) is 17.3 Å². The Morgan fingerprint density at radius 3 is 2.46 bits per heavy atom. The van der Waals surface area contributed by atoms with Crippen LogP contribution in [-0.4, -0.2) is 24.5 Å². The van der Waals surface area contributed by atoms with E-state index in [0.717, 1.165) is 30.7 Å². The molecule has 1 aromatic carbocycles. The van der Waals surface area contributed by atoms with Crippen molar-refractivity contribution in [3.63, 3.8) is 0 Å². The van der Waals surface area contributed by atoms with Gasteiger partial charge in [0.15, 0.2) is 0 Å². The molecule has 2 unspecified atom stereocenters. The number of ether oxygens (including phenoxy) is 2. The largest absolute Gasteiger partial charge is 0.497 e. The number of anilines is 1. The average molecular weight is 394 g/mol. The van der Waals surface area contributed by atoms with Gasteiger partial charge in [-0.2, -0.15) is 0 Å². The maximum Gasteiger partial charge on any atom is 0.230 e. The third-order valence-electron chi connectivity index (χ3n) is 6.13. The third kappa shape index (κ3) is 2.61. The van der Waals surface area contributed by atoms with Crippen molar-refractivity contribution in [1.29, 1.82) is 0 Å². The minimum Gasteiger partial charge on any atom is -0.497 e. The Labute approximate surface area is 151 Å². The molecule has 4 saturated carbocycles. The molecule has 4 aliphatic rings. The van der Waals surface area contributed by atoms with Crippen LogP contribution < -0.4 is 14.8 Å². The van der Waals surface area contributed by atoms with E-state index in [1.54, 1.807) is 20.3 Å². The standard InChI is InChI=1S/C19H24BrNO3/c1-23-14-3-4-15(16(6-14)24-2)21-17(22)18-7-12-5-13(8-18)10-19(20,9-12)11-18/h3-4,6,12-13H,5,7-11H2,1-2H3,(H,21,22). The number of methoxy groups -OCH3 is 2. The van der Waals surface area contributed by atoms with Crippen molar-refractivity contribution in [2.75, 3.05) is 19.5 Å². The first-order chi connectivity index (χ1) is 11.5. The third-order valence-corrected chi connectivity index (χ3v) is 7.06. The SMILES string of the molecule is COc1ccc(NC(=O)C23CC4CC(CC(Br)(C4)C2)C3)c(OC)c1. The van der Waals surface area contributed by atoms with Gasteiger partial charge >= 0.3 is 0 Å². The van der Waals surface area contributed by atoms with Crippen LogP contribution >= 0.6 is 15.9 Å². The first kappa shape index (κ1) is 16.2. The molecule has 130 valence electrons. The Kier molecular flexibility index (Phi) is 3.83. The van der Waals surface area contributed by atoms with Crippen LogP contribution in [0.25, 0.3) is 0 Å². The maximum absolute atomic E-state index is 13.2. The Morgan fingerprint density at radius 1 is 1.17 bits per heavy atom. The van der Waals surface area contributed by atoms with Crippen LogP contribution in [-0.2, 0) is 4.79 Å². The lowest BCUT2D eigenvalue weighted by molar-refractivity contribution is -0.138. The number of nitrogens with one attached hydrogen (secondary N) is 1. The van der Waals surface area contributed by atoms with Gasteiger partial charge in [0.2, 0.25) is 5.91 Å². The molecule has 4 fully saturated rings. The molecule has 0 spiro atoms. The van der Waals surface area contributed by atoms with Gasteiger partial charge in [0, 0.05) is 10.4 Å². The Morgan fingerprint density at radius 2 is 1.88 bits per heavy atom. The van der Waals surface area contributed by atoms with Crippen LogP contribution in [0.15, 0.2) is 18.2 Å². The molecule has 5 heteroatoms. The van der Waals surface area contributed by atoms with Crippen molar-refractivity contribution in [1.82, 2.24) is 0 Å². The van der Waals surface area contributed by atoms with Crippen molar-refractivity contribution < 1.29 is 14.3 Å². The summed E-state index contributed by atoms with van der Waals surface area (Å²) in [5.41, 5.74) is 0.501. The zero-order chi connectivity index (χ0) is 16.9. The van der Waals surface area contributed by atoms with E-state index in [1.165, 1.54) is 19.3 Å². The fourth-order valence-electron chi connectivity index (χ4n) is 5.57. The molecule has 0 saturated heterocycles. The number of carbonyl (C=O) groups excluding carboxylic acids is 1. The Balaban J connectivity index is 1.59. The molecule has 1 amide bonds. The highest BCUT2D eigenvalue weighted by Crippen LogP contribution is 2.64. The summed E-state index contributed by atoms with van der Waals surface area (Å²) in [5, 5.41) is 3.15. The minimum atomic E-state index is -0.224. The van der Waals surface area contributed by atoms with Crippen LogP contribution in [0.1, 0.15) is 38.5 Å². The lowest BCUT2D eigenvalue weighted by Crippen LogP contribution is -2.57. The molecule has 1 aromatic rings. The summed E-state index contributed by atoms with van der Waals surface area (Å²) < 4.78 is 10.8. The number of carbonyl (C=O) groups is 1. The summed E-state index contributed by atoms with van der Waals surface area (Å²) in [7, 11) is 3.24. The van der Waals surface area contributed by atoms with Gasteiger partial charge in [-0.05, 0) is 62.5 Å². The second-order valence-corrected chi connectivity index (χ2v) is 9.59. The summed E-state index contributed by atoms with van der Waals surface area (Å²) in [5.74, 6) is 2.90. The van der Waals surface area contributed by atoms with Gasteiger partial charge in [0.25, 0.3) is 0 Å². The molecule has 0 radical (unpaired) electrons. The van der Waals surface area contributed by atoms with Gasteiger partial charge in [-0.25, -0.2) is 0 Å². The highest BCUT2D eigenvalue weighted by atomic mass is 79.9. The first-order valence-electron chi connectivity index (χ1n) is 8.68. The smallest absolute Gasteiger partial charge is 0.230 e. The highest BCUT2D eigenvalue weighted by molar-refractivity contribution is 9.10. The quantitative estimate of drug-likeness (QED) is 0.772. The number of hydrogen-bond acceptors (Lipinski definition) is 3. The number of halogens is 1. The van der Waals surface area contributed by atoms with Gasteiger partial charge in [-0.3, -0.25) is 4.79 Å². The Hall–Kier alpha value is -1.23. The number of amides is 1. The van der Waals surface area contributed by atoms with Crippen LogP contribution in [0.5, 0.6) is 11.5 Å². The molecule has 24 heavy (non-hydrogen) atoms. The summed E-state index contributed by atoms with van der Waals surface area (Å²) in [6.45, 7) is 0. The molecule has 1 N–H and O–H groups in total. The monoisotopic (exact) mass is 393 g/mol. The van der Waals surface area contributed by atoms with Crippen molar-refractivity contribution >= 4 is 27.5 Å². The molecule has 0 heterocycles. The number of rotatable bonds is 4. The lowest BCUT2D eigenvalue weighted by atomic mass is 9.49. The summed E-state index contributed by atoms with van der Waals surface area (Å²) in [6, 6.07) is 5.52. The topological polar surface area (TPSA) is 47.6 Å². The van der Waals surface area contributed by atoms with E-state index in [4.69, 9.17) is 9.47 Å². The van der Waals surface area contributed by atoms with Crippen LogP contribution in [0.4, 0.5) is 5.69 Å². The van der Waals surface area contributed by atoms with Crippen molar-refractivity contribution in [3.05, 3.63) is 18.2 Å². The van der Waals surface area contributed by atoms with E-state index >= 15 is 0 Å². The summed E-state index contributed by atoms with van der Waals surface area (Å²) in [6.07, 6.45) is 6.77. The van der Waals surface area contributed by atoms with E-state index in [-0.39, 0.29) is 15.6 Å². The zero-order valence-corrected chi connectivity index (χ0v) is 15.8. The van der Waals surface area contributed by atoms with Crippen molar-refractivity contribution in [2.24, 2.45) is 17.3 Å². The van der Waals surface area contributed by atoms with E-state index in [9.17, 15) is 4.79 Å². The number of hydrogen-bond donors (Lipinski definition) is 1. The summed E-state index contributed by atoms with van der Waals surface area (Å²) >= 11 is 3.97. The fourth-order valence-corrected chi connectivity index (χ4v) is 7.03. The fraction of sp³-hybridized carbons (Fsp3) is 0.632. The minimum absolute atomic E-state index is 0.156. The molecule has 2 atom stereocenters. The molecule has 0 aromatic heterocycles. The molecular formula is C19H24BrNO3. The molecule has 0 aliphatic heterocycles. The predicted molar refractivity (Wildman–Crippen MR) is 96.9 cm³/mol. The second-order valence-electron chi connectivity index (χ2n) is 7.91. The van der Waals surface area contributed by atoms with E-state index in [0.29, 0.717) is 17.6 Å². The maximum atomic E-state index is 13.2. The predicted octanol–water partition coefficient (Wildman–Crippen LogP) is 4.38. The van der Waals surface area contributed by atoms with Crippen molar-refractivity contribution in [2.45, 2.75) is 42.8 Å². The summed E-state index contributed by atoms with van der Waals surface area (Å²) in [4.78, 5) is 13.2. The molecule has 4 nitrogen and oxygen atoms in total. The van der Waals surface area contributed by atoms with E-state index in [2.05, 4.69) is 21.2 Å². The van der Waals surface area contributed by atoms with Gasteiger partial charge < -0.3 is 14.8 Å². The molecular weight excluding hydrogens is 370 g/mol. The van der Waals surface area contributed by atoms with Gasteiger partial charge in [-0.1, -0.05) is 15.9 Å². The number of benzene rings is 1. The van der Waals surface area contributed by atoms with Gasteiger partial charge in [0.05, 0.1) is 25.3 Å². The normalized spacial score (nSPS) is 36.5. The van der Waals surface area contributed by atoms with Gasteiger partial charge in [-0.15, -0.1) is 0 Å². The zero-order valence-electron chi connectivity index (χ0n) is 14.2. The van der Waals surface area contributed by atoms with Gasteiger partial charge in [0.1, 0.15) is 11.5 Å². The molecule has 4 bridgehead atoms. The highest BCUT2D eigenvalue weighted by Gasteiger charge is 2.59. The average Bonchev–Trinajstić information content (AvgIpc) is 2.52. The second kappa shape index (κ2) is 5.65. The lowest BCUT2D eigenvalue weighted by Gasteiger charge is -2.59. The molecule has 4 aliphatic carbocycles. The van der Waals surface area contributed by atoms with Crippen molar-refractivity contribution in [3.8, 4) is 11.5 Å². The van der Waals surface area contributed by atoms with Crippen LogP contribution in [0.2, 0.25) is 0 Å². The Bertz CT molecular complexity index is 661. The first-order valence-corrected chi connectivity index (χ1v) is 9.47. The van der Waals surface area contributed by atoms with Crippen LogP contribution in [0.3, 0.4) is 0 Å². The number of alkyl halides is 1.